The fraction of sp³-hybridized carbons (Fsp3) is 0.0769. The summed E-state index contributed by atoms with van der Waals surface area (Å²) in [6.07, 6.45) is 0. The lowest BCUT2D eigenvalue weighted by Gasteiger charge is -2.15. The maximum Gasteiger partial charge on any atom is 0.184 e. The predicted molar refractivity (Wildman–Crippen MR) is 73.4 cm³/mol. The SMILES string of the molecule is Cc1cc(F)c(F)c(Nc2ccc(S)cc2F)c1NO. The van der Waals surface area contributed by atoms with Crippen LogP contribution in [0.3, 0.4) is 0 Å². The summed E-state index contributed by atoms with van der Waals surface area (Å²) >= 11 is 3.97. The minimum atomic E-state index is -1.22. The van der Waals surface area contributed by atoms with E-state index in [2.05, 4.69) is 17.9 Å². The molecule has 3 N–H and O–H groups in total. The second kappa shape index (κ2) is 5.64. The van der Waals surface area contributed by atoms with Crippen LogP contribution in [-0.4, -0.2) is 5.21 Å². The highest BCUT2D eigenvalue weighted by Crippen LogP contribution is 2.34. The molecular weight excluding hydrogens is 289 g/mol. The molecule has 0 heterocycles. The van der Waals surface area contributed by atoms with Crippen LogP contribution >= 0.6 is 12.6 Å². The molecule has 0 unspecified atom stereocenters. The van der Waals surface area contributed by atoms with Crippen LogP contribution in [0.5, 0.6) is 0 Å². The molecule has 2 rings (SSSR count). The Balaban J connectivity index is 2.52. The van der Waals surface area contributed by atoms with Crippen molar-refractivity contribution in [1.82, 2.24) is 0 Å². The van der Waals surface area contributed by atoms with E-state index in [1.165, 1.54) is 19.1 Å². The van der Waals surface area contributed by atoms with Gasteiger partial charge in [-0.15, -0.1) is 12.6 Å². The number of benzene rings is 2. The van der Waals surface area contributed by atoms with Crippen LogP contribution in [0, 0.1) is 24.4 Å². The van der Waals surface area contributed by atoms with Crippen LogP contribution in [0.15, 0.2) is 29.2 Å². The van der Waals surface area contributed by atoms with Crippen molar-refractivity contribution in [3.05, 3.63) is 47.3 Å². The third kappa shape index (κ3) is 2.68. The van der Waals surface area contributed by atoms with Crippen LogP contribution in [0.1, 0.15) is 5.56 Å². The first kappa shape index (κ1) is 14.5. The number of halogens is 3. The van der Waals surface area contributed by atoms with Crippen molar-refractivity contribution in [1.29, 1.82) is 0 Å². The molecule has 0 aliphatic heterocycles. The smallest absolute Gasteiger partial charge is 0.184 e. The molecule has 20 heavy (non-hydrogen) atoms. The molecule has 0 radical (unpaired) electrons. The Morgan fingerprint density at radius 2 is 1.75 bits per heavy atom. The maximum atomic E-state index is 13.8. The molecule has 0 aliphatic rings. The lowest BCUT2D eigenvalue weighted by atomic mass is 10.1. The van der Waals surface area contributed by atoms with Gasteiger partial charge >= 0.3 is 0 Å². The highest BCUT2D eigenvalue weighted by atomic mass is 32.1. The van der Waals surface area contributed by atoms with Gasteiger partial charge in [-0.2, -0.15) is 0 Å². The number of anilines is 3. The summed E-state index contributed by atoms with van der Waals surface area (Å²) in [5, 5.41) is 11.4. The van der Waals surface area contributed by atoms with Gasteiger partial charge in [0.2, 0.25) is 0 Å². The third-order valence-corrected chi connectivity index (χ3v) is 3.02. The lowest BCUT2D eigenvalue weighted by molar-refractivity contribution is 0.387. The first-order valence-corrected chi connectivity index (χ1v) is 6.03. The van der Waals surface area contributed by atoms with Crippen molar-refractivity contribution in [2.75, 3.05) is 10.8 Å². The molecule has 2 aromatic rings. The van der Waals surface area contributed by atoms with Gasteiger partial charge in [-0.1, -0.05) is 0 Å². The molecule has 0 spiro atoms. The Kier molecular flexibility index (Phi) is 4.10. The third-order valence-electron chi connectivity index (χ3n) is 2.74. The molecule has 0 aromatic heterocycles. The molecule has 7 heteroatoms. The van der Waals surface area contributed by atoms with Gasteiger partial charge in [-0.25, -0.2) is 13.2 Å². The average molecular weight is 300 g/mol. The maximum absolute atomic E-state index is 13.8. The van der Waals surface area contributed by atoms with Crippen molar-refractivity contribution in [3.8, 4) is 0 Å². The molecule has 2 aromatic carbocycles. The number of hydrogen-bond donors (Lipinski definition) is 4. The second-order valence-corrected chi connectivity index (χ2v) is 4.66. The normalized spacial score (nSPS) is 10.5. The van der Waals surface area contributed by atoms with E-state index >= 15 is 0 Å². The predicted octanol–water partition coefficient (Wildman–Crippen LogP) is 4.25. The van der Waals surface area contributed by atoms with E-state index in [1.807, 2.05) is 0 Å². The molecule has 0 atom stereocenters. The van der Waals surface area contributed by atoms with Gasteiger partial charge in [0.05, 0.1) is 11.4 Å². The Hall–Kier alpha value is -1.86. The summed E-state index contributed by atoms with van der Waals surface area (Å²) in [4.78, 5) is 0.393. The van der Waals surface area contributed by atoms with E-state index in [1.54, 1.807) is 5.48 Å². The van der Waals surface area contributed by atoms with Crippen LogP contribution in [-0.2, 0) is 0 Å². The topological polar surface area (TPSA) is 44.3 Å². The van der Waals surface area contributed by atoms with Crippen LogP contribution in [0.25, 0.3) is 0 Å². The Morgan fingerprint density at radius 3 is 2.35 bits per heavy atom. The molecule has 0 saturated carbocycles. The van der Waals surface area contributed by atoms with E-state index in [0.717, 1.165) is 12.1 Å². The summed E-state index contributed by atoms with van der Waals surface area (Å²) in [6, 6.07) is 4.87. The monoisotopic (exact) mass is 300 g/mol. The quantitative estimate of drug-likeness (QED) is 0.506. The van der Waals surface area contributed by atoms with Gasteiger partial charge in [0, 0.05) is 4.90 Å². The van der Waals surface area contributed by atoms with Crippen LogP contribution in [0.4, 0.5) is 30.2 Å². The van der Waals surface area contributed by atoms with Crippen LogP contribution < -0.4 is 10.8 Å². The zero-order valence-corrected chi connectivity index (χ0v) is 11.2. The Labute approximate surface area is 118 Å². The standard InChI is InChI=1S/C13H11F3N2OS/c1-6-4-9(15)11(16)13(12(6)18-19)17-10-3-2-7(20)5-8(10)14/h2-5,17-20H,1H3. The highest BCUT2D eigenvalue weighted by molar-refractivity contribution is 7.80. The number of aryl methyl sites for hydroxylation is 1. The van der Waals surface area contributed by atoms with Gasteiger partial charge < -0.3 is 5.32 Å². The fourth-order valence-corrected chi connectivity index (χ4v) is 1.94. The van der Waals surface area contributed by atoms with Crippen molar-refractivity contribution >= 4 is 29.7 Å². The number of rotatable bonds is 3. The zero-order chi connectivity index (χ0) is 14.9. The minimum Gasteiger partial charge on any atom is -0.349 e. The van der Waals surface area contributed by atoms with Gasteiger partial charge in [-0.3, -0.25) is 10.7 Å². The lowest BCUT2D eigenvalue weighted by Crippen LogP contribution is -2.05. The summed E-state index contributed by atoms with van der Waals surface area (Å²) in [5.74, 6) is -3.00. The summed E-state index contributed by atoms with van der Waals surface area (Å²) in [7, 11) is 0. The summed E-state index contributed by atoms with van der Waals surface area (Å²) < 4.78 is 40.9. The molecule has 106 valence electrons. The van der Waals surface area contributed by atoms with Crippen molar-refractivity contribution in [2.24, 2.45) is 0 Å². The van der Waals surface area contributed by atoms with Gasteiger partial charge in [0.15, 0.2) is 11.6 Å². The molecule has 0 amide bonds. The van der Waals surface area contributed by atoms with E-state index in [0.29, 0.717) is 4.90 Å². The van der Waals surface area contributed by atoms with Crippen molar-refractivity contribution in [3.63, 3.8) is 0 Å². The fourth-order valence-electron chi connectivity index (χ4n) is 1.75. The summed E-state index contributed by atoms with van der Waals surface area (Å²) in [5.41, 5.74) is 1.52. The molecule has 0 saturated heterocycles. The van der Waals surface area contributed by atoms with E-state index in [4.69, 9.17) is 5.21 Å². The molecule has 3 nitrogen and oxygen atoms in total. The highest BCUT2D eigenvalue weighted by Gasteiger charge is 2.17. The van der Waals surface area contributed by atoms with Crippen LogP contribution in [0.2, 0.25) is 0 Å². The Morgan fingerprint density at radius 1 is 1.05 bits per heavy atom. The number of hydrogen-bond acceptors (Lipinski definition) is 4. The van der Waals surface area contributed by atoms with E-state index in [9.17, 15) is 13.2 Å². The van der Waals surface area contributed by atoms with Crippen molar-refractivity contribution in [2.45, 2.75) is 11.8 Å². The van der Waals surface area contributed by atoms with Gasteiger partial charge in [0.25, 0.3) is 0 Å². The van der Waals surface area contributed by atoms with E-state index < -0.39 is 17.5 Å². The van der Waals surface area contributed by atoms with Gasteiger partial charge in [-0.05, 0) is 36.8 Å². The molecule has 0 fully saturated rings. The minimum absolute atomic E-state index is 0.0665. The molecular formula is C13H11F3N2OS. The number of thiol groups is 1. The van der Waals surface area contributed by atoms with Gasteiger partial charge in [0.1, 0.15) is 11.5 Å². The first-order chi connectivity index (χ1) is 9.43. The van der Waals surface area contributed by atoms with E-state index in [-0.39, 0.29) is 22.6 Å². The van der Waals surface area contributed by atoms with Crippen molar-refractivity contribution < 1.29 is 18.4 Å². The molecule has 0 bridgehead atoms. The zero-order valence-electron chi connectivity index (χ0n) is 10.3. The average Bonchev–Trinajstić information content (AvgIpc) is 2.38. The Bertz CT molecular complexity index is 665. The largest absolute Gasteiger partial charge is 0.349 e. The number of nitrogens with one attached hydrogen (secondary N) is 2. The molecule has 0 aliphatic carbocycles. The first-order valence-electron chi connectivity index (χ1n) is 5.58. The summed E-state index contributed by atoms with van der Waals surface area (Å²) in [6.45, 7) is 1.47. The second-order valence-electron chi connectivity index (χ2n) is 4.14.